The molecule has 9 nitrogen and oxygen atoms in total. The van der Waals surface area contributed by atoms with E-state index in [1.165, 1.54) is 0 Å². The van der Waals surface area contributed by atoms with E-state index in [-0.39, 0.29) is 23.5 Å². The summed E-state index contributed by atoms with van der Waals surface area (Å²) in [6.07, 6.45) is 9.67. The maximum atomic E-state index is 12.8. The Morgan fingerprint density at radius 1 is 0.969 bits per heavy atom. The van der Waals surface area contributed by atoms with Crippen molar-refractivity contribution in [1.29, 1.82) is 0 Å². The number of sulfonamides is 1. The van der Waals surface area contributed by atoms with Crippen LogP contribution in [0.4, 0.5) is 5.95 Å². The van der Waals surface area contributed by atoms with Crippen LogP contribution in [0, 0.1) is 0 Å². The van der Waals surface area contributed by atoms with Gasteiger partial charge in [-0.15, -0.1) is 0 Å². The monoisotopic (exact) mass is 460 g/mol. The summed E-state index contributed by atoms with van der Waals surface area (Å²) in [5.74, 6) is 0.644. The van der Waals surface area contributed by atoms with E-state index in [0.29, 0.717) is 37.5 Å². The lowest BCUT2D eigenvalue weighted by atomic mass is 10.1. The molecule has 10 heteroatoms. The second-order valence-electron chi connectivity index (χ2n) is 9.34. The molecule has 1 aliphatic carbocycles. The quantitative estimate of drug-likeness (QED) is 0.705. The molecule has 2 aromatic heterocycles. The molecule has 0 bridgehead atoms. The van der Waals surface area contributed by atoms with Gasteiger partial charge >= 0.3 is 0 Å². The third kappa shape index (κ3) is 4.53. The number of hydrogen-bond acceptors (Lipinski definition) is 7. The van der Waals surface area contributed by atoms with Crippen LogP contribution in [0.1, 0.15) is 57.4 Å². The Hall–Kier alpha value is -2.04. The smallest absolute Gasteiger partial charge is 0.252 e. The van der Waals surface area contributed by atoms with Gasteiger partial charge in [0.05, 0.1) is 0 Å². The Bertz CT molecular complexity index is 1110. The summed E-state index contributed by atoms with van der Waals surface area (Å²) >= 11 is 0. The maximum Gasteiger partial charge on any atom is 0.252 e. The Morgan fingerprint density at radius 2 is 1.69 bits per heavy atom. The fourth-order valence-electron chi connectivity index (χ4n) is 5.31. The summed E-state index contributed by atoms with van der Waals surface area (Å²) in [6.45, 7) is 2.77. The third-order valence-electron chi connectivity index (χ3n) is 7.08. The van der Waals surface area contributed by atoms with Crippen molar-refractivity contribution in [2.24, 2.45) is 0 Å². The molecule has 32 heavy (non-hydrogen) atoms. The SMILES string of the molecule is O=c1ccc2cnc(NC3CCN(S(=O)(=O)CN4CCCC4)CC3)nc2n1C1CCCC1. The molecule has 2 aliphatic heterocycles. The third-order valence-corrected chi connectivity index (χ3v) is 8.93. The second-order valence-corrected chi connectivity index (χ2v) is 11.3. The number of nitrogens with one attached hydrogen (secondary N) is 1. The van der Waals surface area contributed by atoms with E-state index in [1.54, 1.807) is 22.6 Å². The molecular formula is C22H32N6O3S. The number of likely N-dealkylation sites (tertiary alicyclic amines) is 1. The highest BCUT2D eigenvalue weighted by Crippen LogP contribution is 2.30. The zero-order valence-corrected chi connectivity index (χ0v) is 19.3. The van der Waals surface area contributed by atoms with E-state index < -0.39 is 10.0 Å². The minimum absolute atomic E-state index is 0.00873. The normalized spacial score (nSPS) is 22.1. The van der Waals surface area contributed by atoms with Crippen LogP contribution in [0.5, 0.6) is 0 Å². The lowest BCUT2D eigenvalue weighted by molar-refractivity contribution is 0.312. The van der Waals surface area contributed by atoms with E-state index >= 15 is 0 Å². The first-order valence-corrected chi connectivity index (χ1v) is 13.5. The molecular weight excluding hydrogens is 428 g/mol. The zero-order valence-electron chi connectivity index (χ0n) is 18.4. The highest BCUT2D eigenvalue weighted by molar-refractivity contribution is 7.89. The van der Waals surface area contributed by atoms with Crippen molar-refractivity contribution in [3.05, 3.63) is 28.7 Å². The molecule has 5 rings (SSSR count). The predicted molar refractivity (Wildman–Crippen MR) is 124 cm³/mol. The van der Waals surface area contributed by atoms with Crippen molar-refractivity contribution in [2.75, 3.05) is 37.4 Å². The molecule has 1 saturated carbocycles. The highest BCUT2D eigenvalue weighted by atomic mass is 32.2. The first-order valence-electron chi connectivity index (χ1n) is 11.8. The molecule has 1 N–H and O–H groups in total. The van der Waals surface area contributed by atoms with E-state index in [1.807, 2.05) is 9.47 Å². The summed E-state index contributed by atoms with van der Waals surface area (Å²) in [5, 5.41) is 4.25. The van der Waals surface area contributed by atoms with Crippen LogP contribution in [-0.2, 0) is 10.0 Å². The first kappa shape index (κ1) is 21.8. The van der Waals surface area contributed by atoms with Gasteiger partial charge in [0.25, 0.3) is 5.56 Å². The number of hydrogen-bond donors (Lipinski definition) is 1. The molecule has 174 valence electrons. The van der Waals surface area contributed by atoms with Crippen LogP contribution < -0.4 is 10.9 Å². The molecule has 4 heterocycles. The van der Waals surface area contributed by atoms with Crippen LogP contribution in [0.15, 0.2) is 23.1 Å². The van der Waals surface area contributed by atoms with Crippen LogP contribution in [0.25, 0.3) is 11.0 Å². The highest BCUT2D eigenvalue weighted by Gasteiger charge is 2.30. The molecule has 3 aliphatic rings. The summed E-state index contributed by atoms with van der Waals surface area (Å²) in [5.41, 5.74) is 0.679. The minimum atomic E-state index is -3.25. The summed E-state index contributed by atoms with van der Waals surface area (Å²) < 4.78 is 29.0. The number of piperidine rings is 1. The van der Waals surface area contributed by atoms with Crippen LogP contribution in [0.3, 0.4) is 0 Å². The average Bonchev–Trinajstić information content (AvgIpc) is 3.48. The van der Waals surface area contributed by atoms with Crippen molar-refractivity contribution < 1.29 is 8.42 Å². The number of fused-ring (bicyclic) bond motifs is 1. The van der Waals surface area contributed by atoms with Crippen molar-refractivity contribution in [1.82, 2.24) is 23.7 Å². The standard InChI is InChI=1S/C22H32N6O3S/c29-20-8-7-17-15-23-22(25-21(17)28(20)19-5-1-2-6-19)24-18-9-13-27(14-10-18)32(30,31)16-26-11-3-4-12-26/h7-8,15,18-19H,1-6,9-14,16H2,(H,23,24,25). The summed E-state index contributed by atoms with van der Waals surface area (Å²) in [4.78, 5) is 23.8. The van der Waals surface area contributed by atoms with Crippen molar-refractivity contribution in [3.63, 3.8) is 0 Å². The fourth-order valence-corrected chi connectivity index (χ4v) is 6.96. The molecule has 0 spiro atoms. The van der Waals surface area contributed by atoms with Crippen molar-refractivity contribution in [3.8, 4) is 0 Å². The molecule has 3 fully saturated rings. The molecule has 2 saturated heterocycles. The number of nitrogens with zero attached hydrogens (tertiary/aromatic N) is 5. The largest absolute Gasteiger partial charge is 0.351 e. The molecule has 0 amide bonds. The van der Waals surface area contributed by atoms with Crippen LogP contribution in [0.2, 0.25) is 0 Å². The van der Waals surface area contributed by atoms with Crippen molar-refractivity contribution in [2.45, 2.75) is 63.5 Å². The summed E-state index contributed by atoms with van der Waals surface area (Å²) in [7, 11) is -3.25. The van der Waals surface area contributed by atoms with Gasteiger partial charge in [-0.3, -0.25) is 14.3 Å². The van der Waals surface area contributed by atoms with Crippen LogP contribution in [-0.4, -0.2) is 70.3 Å². The van der Waals surface area contributed by atoms with Crippen molar-refractivity contribution >= 4 is 27.0 Å². The Kier molecular flexibility index (Phi) is 6.18. The average molecular weight is 461 g/mol. The van der Waals surface area contributed by atoms with Crippen LogP contribution >= 0.6 is 0 Å². The second kappa shape index (κ2) is 9.07. The molecule has 0 radical (unpaired) electrons. The number of pyridine rings is 1. The predicted octanol–water partition coefficient (Wildman–Crippen LogP) is 2.17. The van der Waals surface area contributed by atoms with E-state index in [2.05, 4.69) is 10.3 Å². The first-order chi connectivity index (χ1) is 15.5. The van der Waals surface area contributed by atoms with Gasteiger partial charge in [-0.2, -0.15) is 4.98 Å². The topological polar surface area (TPSA) is 100 Å². The van der Waals surface area contributed by atoms with Gasteiger partial charge in [0, 0.05) is 42.8 Å². The van der Waals surface area contributed by atoms with E-state index in [0.717, 1.165) is 57.0 Å². The van der Waals surface area contributed by atoms with Gasteiger partial charge in [-0.1, -0.05) is 12.8 Å². The van der Waals surface area contributed by atoms with Gasteiger partial charge < -0.3 is 5.32 Å². The minimum Gasteiger partial charge on any atom is -0.351 e. The van der Waals surface area contributed by atoms with E-state index in [4.69, 9.17) is 4.98 Å². The summed E-state index contributed by atoms with van der Waals surface area (Å²) in [6, 6.07) is 3.71. The lowest BCUT2D eigenvalue weighted by Gasteiger charge is -2.32. The molecule has 0 unspecified atom stereocenters. The molecule has 0 aromatic carbocycles. The van der Waals surface area contributed by atoms with Gasteiger partial charge in [-0.05, 0) is 57.7 Å². The van der Waals surface area contributed by atoms with Gasteiger partial charge in [-0.25, -0.2) is 17.7 Å². The Balaban J connectivity index is 1.26. The fraction of sp³-hybridized carbons (Fsp3) is 0.682. The number of rotatable bonds is 6. The number of aromatic nitrogens is 3. The molecule has 2 aromatic rings. The maximum absolute atomic E-state index is 12.8. The zero-order chi connectivity index (χ0) is 22.1. The van der Waals surface area contributed by atoms with Gasteiger partial charge in [0.2, 0.25) is 16.0 Å². The Labute approximate surface area is 188 Å². The molecule has 0 atom stereocenters. The van der Waals surface area contributed by atoms with Gasteiger partial charge in [0.15, 0.2) is 0 Å². The van der Waals surface area contributed by atoms with E-state index in [9.17, 15) is 13.2 Å². The number of anilines is 1. The Morgan fingerprint density at radius 3 is 2.41 bits per heavy atom. The lowest BCUT2D eigenvalue weighted by Crippen LogP contribution is -2.45. The van der Waals surface area contributed by atoms with Gasteiger partial charge in [0.1, 0.15) is 11.5 Å².